The highest BCUT2D eigenvalue weighted by Crippen LogP contribution is 2.33. The Morgan fingerprint density at radius 2 is 2.09 bits per heavy atom. The molecule has 3 aliphatic heterocycles. The number of anilines is 1. The molecule has 1 aromatic carbocycles. The van der Waals surface area contributed by atoms with Crippen LogP contribution >= 0.6 is 11.6 Å². The zero-order valence-corrected chi connectivity index (χ0v) is 14.5. The predicted octanol–water partition coefficient (Wildman–Crippen LogP) is 3.12. The molecule has 0 aromatic heterocycles. The molecule has 2 bridgehead atoms. The van der Waals surface area contributed by atoms with Crippen molar-refractivity contribution in [2.24, 2.45) is 0 Å². The molecule has 3 atom stereocenters. The van der Waals surface area contributed by atoms with Gasteiger partial charge in [0.05, 0.1) is 11.7 Å². The molecule has 4 nitrogen and oxygen atoms in total. The summed E-state index contributed by atoms with van der Waals surface area (Å²) in [6, 6.07) is 8.25. The largest absolute Gasteiger partial charge is 0.489 e. The van der Waals surface area contributed by atoms with Crippen molar-refractivity contribution in [2.45, 2.75) is 56.3 Å². The summed E-state index contributed by atoms with van der Waals surface area (Å²) in [6.45, 7) is 1.65. The number of fused-ring (bicyclic) bond motifs is 3. The van der Waals surface area contributed by atoms with Crippen molar-refractivity contribution in [2.75, 3.05) is 25.5 Å². The van der Waals surface area contributed by atoms with E-state index in [-0.39, 0.29) is 0 Å². The second-order valence-corrected chi connectivity index (χ2v) is 7.71. The van der Waals surface area contributed by atoms with Crippen LogP contribution in [-0.4, -0.2) is 49.3 Å². The predicted molar refractivity (Wildman–Crippen MR) is 94.6 cm³/mol. The molecule has 0 radical (unpaired) electrons. The van der Waals surface area contributed by atoms with Gasteiger partial charge in [-0.25, -0.2) is 0 Å². The first-order valence-electron chi connectivity index (χ1n) is 8.83. The highest BCUT2D eigenvalue weighted by Gasteiger charge is 2.36. The molecule has 4 rings (SSSR count). The van der Waals surface area contributed by atoms with Crippen LogP contribution in [-0.2, 0) is 0 Å². The third kappa shape index (κ3) is 3.30. The second-order valence-electron chi connectivity index (χ2n) is 7.27. The summed E-state index contributed by atoms with van der Waals surface area (Å²) in [4.78, 5) is 2.61. The van der Waals surface area contributed by atoms with E-state index < -0.39 is 0 Å². The van der Waals surface area contributed by atoms with Gasteiger partial charge < -0.3 is 20.3 Å². The normalized spacial score (nSPS) is 33.5. The van der Waals surface area contributed by atoms with Gasteiger partial charge in [0, 0.05) is 29.7 Å². The minimum absolute atomic E-state index is 0.306. The molecule has 1 aromatic rings. The van der Waals surface area contributed by atoms with Gasteiger partial charge in [0.1, 0.15) is 12.4 Å². The quantitative estimate of drug-likeness (QED) is 0.890. The Balaban J connectivity index is 1.32. The van der Waals surface area contributed by atoms with Crippen LogP contribution in [0.15, 0.2) is 18.2 Å². The van der Waals surface area contributed by atoms with E-state index in [1.807, 2.05) is 18.2 Å². The molecule has 126 valence electrons. The van der Waals surface area contributed by atoms with Gasteiger partial charge >= 0.3 is 0 Å². The summed E-state index contributed by atoms with van der Waals surface area (Å²) < 4.78 is 5.85. The van der Waals surface area contributed by atoms with Gasteiger partial charge in [-0.15, -0.1) is 0 Å². The van der Waals surface area contributed by atoms with Crippen molar-refractivity contribution in [1.82, 2.24) is 10.2 Å². The smallest absolute Gasteiger partial charge is 0.142 e. The minimum Gasteiger partial charge on any atom is -0.489 e. The van der Waals surface area contributed by atoms with E-state index >= 15 is 0 Å². The van der Waals surface area contributed by atoms with Crippen LogP contribution in [0.5, 0.6) is 5.75 Å². The maximum Gasteiger partial charge on any atom is 0.142 e. The Hall–Kier alpha value is -0.970. The third-order valence-corrected chi connectivity index (χ3v) is 5.97. The summed E-state index contributed by atoms with van der Waals surface area (Å²) in [5, 5.41) is 8.08. The van der Waals surface area contributed by atoms with Gasteiger partial charge in [-0.2, -0.15) is 0 Å². The van der Waals surface area contributed by atoms with Crippen LogP contribution in [0.25, 0.3) is 0 Å². The SMILES string of the molecule is CN1C2CCCC1CC(NCC1COc3ccc(Cl)cc3N1)C2. The molecule has 2 fully saturated rings. The number of ether oxygens (including phenoxy) is 1. The number of halogens is 1. The molecular formula is C18H26ClN3O. The Kier molecular flexibility index (Phi) is 4.39. The minimum atomic E-state index is 0.306. The number of nitrogens with zero attached hydrogens (tertiary/aromatic N) is 1. The fraction of sp³-hybridized carbons (Fsp3) is 0.667. The summed E-state index contributed by atoms with van der Waals surface area (Å²) in [7, 11) is 2.31. The average molecular weight is 336 g/mol. The standard InChI is InChI=1S/C18H26ClN3O/c1-22-15-3-2-4-16(22)9-13(8-15)20-10-14-11-23-18-6-5-12(19)7-17(18)21-14/h5-7,13-16,20-21H,2-4,8-11H2,1H3. The zero-order chi connectivity index (χ0) is 15.8. The average Bonchev–Trinajstić information content (AvgIpc) is 2.53. The van der Waals surface area contributed by atoms with Gasteiger partial charge in [0.2, 0.25) is 0 Å². The van der Waals surface area contributed by atoms with Gasteiger partial charge in [-0.3, -0.25) is 0 Å². The number of piperidine rings is 2. The fourth-order valence-corrected chi connectivity index (χ4v) is 4.57. The van der Waals surface area contributed by atoms with Crippen molar-refractivity contribution >= 4 is 17.3 Å². The highest BCUT2D eigenvalue weighted by molar-refractivity contribution is 6.30. The molecule has 3 aliphatic rings. The molecule has 0 amide bonds. The van der Waals surface area contributed by atoms with E-state index in [9.17, 15) is 0 Å². The summed E-state index contributed by atoms with van der Waals surface area (Å²) >= 11 is 6.08. The van der Waals surface area contributed by atoms with Crippen LogP contribution in [0.4, 0.5) is 5.69 Å². The van der Waals surface area contributed by atoms with Crippen molar-refractivity contribution < 1.29 is 4.74 Å². The van der Waals surface area contributed by atoms with Gasteiger partial charge in [-0.1, -0.05) is 18.0 Å². The molecular weight excluding hydrogens is 310 g/mol. The monoisotopic (exact) mass is 335 g/mol. The Morgan fingerprint density at radius 1 is 1.30 bits per heavy atom. The molecule has 0 spiro atoms. The highest BCUT2D eigenvalue weighted by atomic mass is 35.5. The van der Waals surface area contributed by atoms with Crippen molar-refractivity contribution in [3.8, 4) is 5.75 Å². The summed E-state index contributed by atoms with van der Waals surface area (Å²) in [6.07, 6.45) is 6.69. The topological polar surface area (TPSA) is 36.5 Å². The Labute approximate surface area is 143 Å². The van der Waals surface area contributed by atoms with Crippen LogP contribution in [0.1, 0.15) is 32.1 Å². The van der Waals surface area contributed by atoms with E-state index in [0.717, 1.165) is 35.1 Å². The number of rotatable bonds is 3. The van der Waals surface area contributed by atoms with Crippen LogP contribution in [0.3, 0.4) is 0 Å². The summed E-state index contributed by atoms with van der Waals surface area (Å²) in [5.41, 5.74) is 1.01. The molecule has 3 heterocycles. The van der Waals surface area contributed by atoms with E-state index in [4.69, 9.17) is 16.3 Å². The van der Waals surface area contributed by atoms with Crippen molar-refractivity contribution in [3.63, 3.8) is 0 Å². The molecule has 3 unspecified atom stereocenters. The third-order valence-electron chi connectivity index (χ3n) is 5.73. The van der Waals surface area contributed by atoms with E-state index in [2.05, 4.69) is 22.6 Å². The molecule has 0 aliphatic carbocycles. The molecule has 5 heteroatoms. The summed E-state index contributed by atoms with van der Waals surface area (Å²) in [5.74, 6) is 0.902. The number of hydrogen-bond donors (Lipinski definition) is 2. The Bertz CT molecular complexity index is 553. The maximum atomic E-state index is 6.08. The lowest BCUT2D eigenvalue weighted by molar-refractivity contribution is 0.0481. The van der Waals surface area contributed by atoms with Crippen LogP contribution < -0.4 is 15.4 Å². The van der Waals surface area contributed by atoms with Gasteiger partial charge in [-0.05, 0) is 50.9 Å². The Morgan fingerprint density at radius 3 is 2.87 bits per heavy atom. The van der Waals surface area contributed by atoms with E-state index in [0.29, 0.717) is 18.7 Å². The first-order chi connectivity index (χ1) is 11.2. The molecule has 23 heavy (non-hydrogen) atoms. The number of benzene rings is 1. The van der Waals surface area contributed by atoms with Crippen LogP contribution in [0, 0.1) is 0 Å². The number of nitrogens with one attached hydrogen (secondary N) is 2. The van der Waals surface area contributed by atoms with Gasteiger partial charge in [0.25, 0.3) is 0 Å². The lowest BCUT2D eigenvalue weighted by atomic mass is 9.82. The second kappa shape index (κ2) is 6.50. The maximum absolute atomic E-state index is 6.08. The lowest BCUT2D eigenvalue weighted by Gasteiger charge is -2.47. The van der Waals surface area contributed by atoms with Crippen molar-refractivity contribution in [1.29, 1.82) is 0 Å². The molecule has 2 saturated heterocycles. The molecule has 0 saturated carbocycles. The lowest BCUT2D eigenvalue weighted by Crippen LogP contribution is -2.55. The first kappa shape index (κ1) is 15.6. The number of hydrogen-bond acceptors (Lipinski definition) is 4. The van der Waals surface area contributed by atoms with E-state index in [1.54, 1.807) is 0 Å². The first-order valence-corrected chi connectivity index (χ1v) is 9.21. The zero-order valence-electron chi connectivity index (χ0n) is 13.7. The molecule has 2 N–H and O–H groups in total. The van der Waals surface area contributed by atoms with Gasteiger partial charge in [0.15, 0.2) is 0 Å². The van der Waals surface area contributed by atoms with Crippen LogP contribution in [0.2, 0.25) is 5.02 Å². The van der Waals surface area contributed by atoms with E-state index in [1.165, 1.54) is 32.1 Å². The fourth-order valence-electron chi connectivity index (χ4n) is 4.39. The van der Waals surface area contributed by atoms with Crippen molar-refractivity contribution in [3.05, 3.63) is 23.2 Å².